The topological polar surface area (TPSA) is 55.7 Å². The molecule has 34 heavy (non-hydrogen) atoms. The SMILES string of the molecule is Cc1cc(-c2cccc(Cl)c2)nc(N2CC(O)C(N3CCN(Cc4ccc(Cl)cc4)CC3)C2)n1. The zero-order valence-corrected chi connectivity index (χ0v) is 20.8. The van der Waals surface area contributed by atoms with Crippen molar-refractivity contribution in [2.75, 3.05) is 44.2 Å². The van der Waals surface area contributed by atoms with Crippen LogP contribution in [0.15, 0.2) is 54.6 Å². The van der Waals surface area contributed by atoms with E-state index in [-0.39, 0.29) is 6.04 Å². The van der Waals surface area contributed by atoms with Crippen molar-refractivity contribution in [2.45, 2.75) is 25.6 Å². The molecule has 3 heterocycles. The monoisotopic (exact) mass is 497 g/mol. The lowest BCUT2D eigenvalue weighted by Gasteiger charge is -2.38. The van der Waals surface area contributed by atoms with Crippen molar-refractivity contribution in [3.05, 3.63) is 75.9 Å². The number of nitrogens with zero attached hydrogens (tertiary/aromatic N) is 5. The molecular weight excluding hydrogens is 469 g/mol. The Morgan fingerprint density at radius 1 is 0.912 bits per heavy atom. The van der Waals surface area contributed by atoms with Gasteiger partial charge >= 0.3 is 0 Å². The van der Waals surface area contributed by atoms with Crippen molar-refractivity contribution in [3.63, 3.8) is 0 Å². The molecule has 3 aromatic rings. The summed E-state index contributed by atoms with van der Waals surface area (Å²) >= 11 is 12.2. The number of aliphatic hydroxyl groups is 1. The number of aliphatic hydroxyl groups excluding tert-OH is 1. The van der Waals surface area contributed by atoms with E-state index in [1.54, 1.807) is 0 Å². The van der Waals surface area contributed by atoms with Crippen molar-refractivity contribution < 1.29 is 5.11 Å². The molecule has 0 spiro atoms. The van der Waals surface area contributed by atoms with Gasteiger partial charge in [-0.05, 0) is 42.8 Å². The van der Waals surface area contributed by atoms with Crippen molar-refractivity contribution >= 4 is 29.2 Å². The number of aryl methyl sites for hydroxylation is 1. The number of benzene rings is 2. The molecule has 2 aliphatic rings. The molecule has 0 radical (unpaired) electrons. The number of halogens is 2. The van der Waals surface area contributed by atoms with Gasteiger partial charge in [-0.2, -0.15) is 0 Å². The lowest BCUT2D eigenvalue weighted by molar-refractivity contribution is 0.0424. The Labute approximate surface area is 210 Å². The van der Waals surface area contributed by atoms with Crippen LogP contribution in [0.4, 0.5) is 5.95 Å². The van der Waals surface area contributed by atoms with Crippen molar-refractivity contribution in [2.24, 2.45) is 0 Å². The highest BCUT2D eigenvalue weighted by Crippen LogP contribution is 2.27. The normalized spacial score (nSPS) is 21.8. The van der Waals surface area contributed by atoms with E-state index >= 15 is 0 Å². The van der Waals surface area contributed by atoms with Crippen LogP contribution in [-0.4, -0.2) is 76.3 Å². The lowest BCUT2D eigenvalue weighted by Crippen LogP contribution is -2.53. The second-order valence-electron chi connectivity index (χ2n) is 9.18. The quantitative estimate of drug-likeness (QED) is 0.571. The van der Waals surface area contributed by atoms with Gasteiger partial charge in [0.05, 0.1) is 17.8 Å². The van der Waals surface area contributed by atoms with E-state index < -0.39 is 6.10 Å². The summed E-state index contributed by atoms with van der Waals surface area (Å²) in [5.41, 5.74) is 3.98. The molecule has 2 fully saturated rings. The van der Waals surface area contributed by atoms with Crippen LogP contribution >= 0.6 is 23.2 Å². The summed E-state index contributed by atoms with van der Waals surface area (Å²) in [6.45, 7) is 7.98. The van der Waals surface area contributed by atoms with Gasteiger partial charge in [-0.15, -0.1) is 0 Å². The Morgan fingerprint density at radius 3 is 2.41 bits per heavy atom. The standard InChI is InChI=1S/C26H29Cl2N5O/c1-18-13-23(20-3-2-4-22(28)14-20)30-26(29-18)33-16-24(25(34)17-33)32-11-9-31(10-12-32)15-19-5-7-21(27)8-6-19/h2-8,13-14,24-25,34H,9-12,15-17H2,1H3. The molecule has 6 nitrogen and oxygen atoms in total. The van der Waals surface area contributed by atoms with Crippen LogP contribution in [0.5, 0.6) is 0 Å². The predicted octanol–water partition coefficient (Wildman–Crippen LogP) is 4.13. The second kappa shape index (κ2) is 10.2. The molecular formula is C26H29Cl2N5O. The van der Waals surface area contributed by atoms with Gasteiger partial charge in [0.25, 0.3) is 0 Å². The van der Waals surface area contributed by atoms with Gasteiger partial charge in [-0.3, -0.25) is 9.80 Å². The summed E-state index contributed by atoms with van der Waals surface area (Å²) < 4.78 is 0. The Morgan fingerprint density at radius 2 is 1.68 bits per heavy atom. The third-order valence-electron chi connectivity index (χ3n) is 6.70. The van der Waals surface area contributed by atoms with Crippen LogP contribution in [0.1, 0.15) is 11.3 Å². The predicted molar refractivity (Wildman–Crippen MR) is 138 cm³/mol. The van der Waals surface area contributed by atoms with E-state index in [9.17, 15) is 5.11 Å². The molecule has 8 heteroatoms. The smallest absolute Gasteiger partial charge is 0.226 e. The molecule has 5 rings (SSSR count). The first-order chi connectivity index (χ1) is 16.4. The number of hydrogen-bond acceptors (Lipinski definition) is 6. The Balaban J connectivity index is 1.23. The van der Waals surface area contributed by atoms with Crippen LogP contribution in [0, 0.1) is 6.92 Å². The molecule has 0 bridgehead atoms. The zero-order chi connectivity index (χ0) is 23.7. The molecule has 2 atom stereocenters. The molecule has 0 aliphatic carbocycles. The molecule has 178 valence electrons. The van der Waals surface area contributed by atoms with Crippen LogP contribution in [-0.2, 0) is 6.54 Å². The van der Waals surface area contributed by atoms with Crippen LogP contribution < -0.4 is 4.90 Å². The summed E-state index contributed by atoms with van der Waals surface area (Å²) in [4.78, 5) is 16.5. The lowest BCUT2D eigenvalue weighted by atomic mass is 10.1. The molecule has 1 aromatic heterocycles. The number of rotatable bonds is 5. The molecule has 2 aromatic carbocycles. The maximum absolute atomic E-state index is 10.9. The second-order valence-corrected chi connectivity index (χ2v) is 10.1. The van der Waals surface area contributed by atoms with Crippen LogP contribution in [0.3, 0.4) is 0 Å². The third-order valence-corrected chi connectivity index (χ3v) is 7.19. The number of hydrogen-bond donors (Lipinski definition) is 1. The molecule has 2 saturated heterocycles. The van der Waals surface area contributed by atoms with Gasteiger partial charge in [0.2, 0.25) is 5.95 Å². The minimum Gasteiger partial charge on any atom is -0.390 e. The average molecular weight is 498 g/mol. The minimum atomic E-state index is -0.429. The van der Waals surface area contributed by atoms with Gasteiger partial charge in [0, 0.05) is 67.1 Å². The molecule has 1 N–H and O–H groups in total. The molecule has 2 aliphatic heterocycles. The molecule has 0 saturated carbocycles. The van der Waals surface area contributed by atoms with Gasteiger partial charge in [-0.25, -0.2) is 9.97 Å². The van der Waals surface area contributed by atoms with Crippen molar-refractivity contribution in [1.82, 2.24) is 19.8 Å². The third kappa shape index (κ3) is 5.37. The van der Waals surface area contributed by atoms with E-state index in [1.807, 2.05) is 49.4 Å². The van der Waals surface area contributed by atoms with Crippen molar-refractivity contribution in [3.8, 4) is 11.3 Å². The van der Waals surface area contributed by atoms with Gasteiger partial charge < -0.3 is 10.0 Å². The highest BCUT2D eigenvalue weighted by Gasteiger charge is 2.38. The zero-order valence-electron chi connectivity index (χ0n) is 19.2. The summed E-state index contributed by atoms with van der Waals surface area (Å²) in [5, 5.41) is 12.4. The summed E-state index contributed by atoms with van der Waals surface area (Å²) in [5.74, 6) is 0.665. The van der Waals surface area contributed by atoms with Gasteiger partial charge in [-0.1, -0.05) is 47.5 Å². The maximum Gasteiger partial charge on any atom is 0.226 e. The number of piperazine rings is 1. The van der Waals surface area contributed by atoms with E-state index in [4.69, 9.17) is 28.2 Å². The Hall–Kier alpha value is -2.22. The van der Waals surface area contributed by atoms with Crippen molar-refractivity contribution in [1.29, 1.82) is 0 Å². The molecule has 0 amide bonds. The minimum absolute atomic E-state index is 0.0800. The highest BCUT2D eigenvalue weighted by atomic mass is 35.5. The van der Waals surface area contributed by atoms with E-state index in [0.29, 0.717) is 17.5 Å². The van der Waals surface area contributed by atoms with E-state index in [0.717, 1.165) is 61.2 Å². The van der Waals surface area contributed by atoms with Gasteiger partial charge in [0.15, 0.2) is 0 Å². The fourth-order valence-corrected chi connectivity index (χ4v) is 5.20. The number of aromatic nitrogens is 2. The largest absolute Gasteiger partial charge is 0.390 e. The first-order valence-corrected chi connectivity index (χ1v) is 12.5. The first-order valence-electron chi connectivity index (χ1n) is 11.7. The Kier molecular flexibility index (Phi) is 7.04. The van der Waals surface area contributed by atoms with Gasteiger partial charge in [0.1, 0.15) is 0 Å². The van der Waals surface area contributed by atoms with Crippen LogP contribution in [0.2, 0.25) is 10.0 Å². The highest BCUT2D eigenvalue weighted by molar-refractivity contribution is 6.31. The fourth-order valence-electron chi connectivity index (χ4n) is 4.88. The van der Waals surface area contributed by atoms with E-state index in [2.05, 4.69) is 31.8 Å². The summed E-state index contributed by atoms with van der Waals surface area (Å²) in [7, 11) is 0. The average Bonchev–Trinajstić information content (AvgIpc) is 3.22. The van der Waals surface area contributed by atoms with Crippen LogP contribution in [0.25, 0.3) is 11.3 Å². The Bertz CT molecular complexity index is 1130. The fraction of sp³-hybridized carbons (Fsp3) is 0.385. The maximum atomic E-state index is 10.9. The number of anilines is 1. The summed E-state index contributed by atoms with van der Waals surface area (Å²) in [6.07, 6.45) is -0.429. The van der Waals surface area contributed by atoms with E-state index in [1.165, 1.54) is 5.56 Å². The molecule has 2 unspecified atom stereocenters. The first kappa shape index (κ1) is 23.5. The summed E-state index contributed by atoms with van der Waals surface area (Å²) in [6, 6.07) is 17.8. The number of β-amino-alcohol motifs (C(OH)–C–C–N with tert-alkyl or cyclic N) is 1.